The van der Waals surface area contributed by atoms with Crippen LogP contribution in [0.25, 0.3) is 11.3 Å². The van der Waals surface area contributed by atoms with Gasteiger partial charge in [-0.05, 0) is 0 Å². The maximum absolute atomic E-state index is 11.8. The van der Waals surface area contributed by atoms with Crippen molar-refractivity contribution < 1.29 is 8.42 Å². The molecular formula is C11H12N2O2S. The van der Waals surface area contributed by atoms with Crippen LogP contribution in [0.1, 0.15) is 6.92 Å². The van der Waals surface area contributed by atoms with Crippen LogP contribution in [0.3, 0.4) is 0 Å². The van der Waals surface area contributed by atoms with Crippen LogP contribution in [0.4, 0.5) is 0 Å². The fourth-order valence-corrected chi connectivity index (χ4v) is 2.48. The lowest BCUT2D eigenvalue weighted by molar-refractivity contribution is 0.597. The number of aromatic nitrogens is 2. The summed E-state index contributed by atoms with van der Waals surface area (Å²) in [6.45, 7) is 1.62. The summed E-state index contributed by atoms with van der Waals surface area (Å²) in [7, 11) is -3.23. The minimum Gasteiger partial charge on any atom is -0.276 e. The Balaban J connectivity index is 2.58. The Morgan fingerprint density at radius 1 is 1.25 bits per heavy atom. The molecule has 0 fully saturated rings. The number of H-pyrrole nitrogens is 1. The van der Waals surface area contributed by atoms with Crippen LogP contribution in [-0.4, -0.2) is 24.4 Å². The van der Waals surface area contributed by atoms with E-state index in [0.717, 1.165) is 5.56 Å². The second kappa shape index (κ2) is 4.09. The van der Waals surface area contributed by atoms with Gasteiger partial charge >= 0.3 is 0 Å². The van der Waals surface area contributed by atoms with Gasteiger partial charge in [0.05, 0.1) is 17.6 Å². The van der Waals surface area contributed by atoms with Crippen LogP contribution in [0, 0.1) is 0 Å². The summed E-state index contributed by atoms with van der Waals surface area (Å²) in [5.74, 6) is 0.0758. The molecular weight excluding hydrogens is 224 g/mol. The molecule has 0 unspecified atom stereocenters. The van der Waals surface area contributed by atoms with Gasteiger partial charge in [-0.25, -0.2) is 8.42 Å². The number of nitrogens with one attached hydrogen (secondary N) is 1. The first kappa shape index (κ1) is 10.9. The first-order valence-electron chi connectivity index (χ1n) is 4.96. The van der Waals surface area contributed by atoms with Crippen LogP contribution >= 0.6 is 0 Å². The van der Waals surface area contributed by atoms with Gasteiger partial charge in [-0.1, -0.05) is 37.3 Å². The van der Waals surface area contributed by atoms with E-state index < -0.39 is 9.84 Å². The third-order valence-corrected chi connectivity index (χ3v) is 4.12. The molecule has 4 nitrogen and oxygen atoms in total. The van der Waals surface area contributed by atoms with Gasteiger partial charge in [-0.2, -0.15) is 5.10 Å². The fraction of sp³-hybridized carbons (Fsp3) is 0.182. The van der Waals surface area contributed by atoms with Gasteiger partial charge in [-0.3, -0.25) is 5.10 Å². The normalized spacial score (nSPS) is 11.6. The molecule has 0 bridgehead atoms. The van der Waals surface area contributed by atoms with Crippen molar-refractivity contribution in [3.63, 3.8) is 0 Å². The van der Waals surface area contributed by atoms with Crippen LogP contribution in [-0.2, 0) is 9.84 Å². The average molecular weight is 236 g/mol. The minimum absolute atomic E-state index is 0.0758. The second-order valence-corrected chi connectivity index (χ2v) is 5.63. The van der Waals surface area contributed by atoms with Gasteiger partial charge in [0.1, 0.15) is 4.90 Å². The zero-order valence-electron chi connectivity index (χ0n) is 8.84. The van der Waals surface area contributed by atoms with Crippen LogP contribution in [0.2, 0.25) is 0 Å². The monoisotopic (exact) mass is 236 g/mol. The number of hydrogen-bond acceptors (Lipinski definition) is 3. The predicted molar refractivity (Wildman–Crippen MR) is 61.8 cm³/mol. The molecule has 0 saturated heterocycles. The van der Waals surface area contributed by atoms with E-state index in [9.17, 15) is 8.42 Å². The fourth-order valence-electron chi connectivity index (χ4n) is 1.48. The van der Waals surface area contributed by atoms with Crippen molar-refractivity contribution in [2.24, 2.45) is 0 Å². The quantitative estimate of drug-likeness (QED) is 0.884. The second-order valence-electron chi connectivity index (χ2n) is 3.38. The van der Waals surface area contributed by atoms with Crippen molar-refractivity contribution in [1.29, 1.82) is 0 Å². The third kappa shape index (κ3) is 1.86. The lowest BCUT2D eigenvalue weighted by Crippen LogP contribution is -2.03. The molecule has 0 aliphatic carbocycles. The highest BCUT2D eigenvalue weighted by Crippen LogP contribution is 2.25. The first-order chi connectivity index (χ1) is 7.65. The van der Waals surface area contributed by atoms with Crippen LogP contribution in [0.15, 0.2) is 41.4 Å². The number of nitrogens with zero attached hydrogens (tertiary/aromatic N) is 1. The highest BCUT2D eigenvalue weighted by atomic mass is 32.2. The molecule has 1 heterocycles. The van der Waals surface area contributed by atoms with Crippen molar-refractivity contribution in [1.82, 2.24) is 10.2 Å². The van der Waals surface area contributed by atoms with Crippen molar-refractivity contribution in [3.8, 4) is 11.3 Å². The molecule has 16 heavy (non-hydrogen) atoms. The molecule has 1 aromatic carbocycles. The van der Waals surface area contributed by atoms with E-state index in [4.69, 9.17) is 0 Å². The van der Waals surface area contributed by atoms with Crippen molar-refractivity contribution >= 4 is 9.84 Å². The Hall–Kier alpha value is -1.62. The van der Waals surface area contributed by atoms with E-state index >= 15 is 0 Å². The lowest BCUT2D eigenvalue weighted by atomic mass is 10.2. The topological polar surface area (TPSA) is 62.8 Å². The largest absolute Gasteiger partial charge is 0.276 e. The molecule has 2 rings (SSSR count). The Kier molecular flexibility index (Phi) is 2.78. The number of sulfone groups is 1. The van der Waals surface area contributed by atoms with Crippen molar-refractivity contribution in [3.05, 3.63) is 36.5 Å². The number of benzene rings is 1. The first-order valence-corrected chi connectivity index (χ1v) is 6.62. The molecule has 0 spiro atoms. The summed E-state index contributed by atoms with van der Waals surface area (Å²) in [6, 6.07) is 9.30. The maximum atomic E-state index is 11.8. The summed E-state index contributed by atoms with van der Waals surface area (Å²) in [6.07, 6.45) is 1.36. The number of hydrogen-bond donors (Lipinski definition) is 1. The Bertz CT molecular complexity index is 573. The Morgan fingerprint density at radius 3 is 2.56 bits per heavy atom. The van der Waals surface area contributed by atoms with E-state index in [2.05, 4.69) is 10.2 Å². The molecule has 0 atom stereocenters. The molecule has 84 valence electrons. The third-order valence-electron chi connectivity index (χ3n) is 2.38. The molecule has 0 amide bonds. The van der Waals surface area contributed by atoms with Crippen LogP contribution in [0.5, 0.6) is 0 Å². The average Bonchev–Trinajstić information content (AvgIpc) is 2.80. The van der Waals surface area contributed by atoms with E-state index in [0.29, 0.717) is 5.69 Å². The molecule has 0 aliphatic rings. The van der Waals surface area contributed by atoms with Gasteiger partial charge in [0.15, 0.2) is 9.84 Å². The minimum atomic E-state index is -3.23. The molecule has 1 N–H and O–H groups in total. The number of rotatable bonds is 3. The SMILES string of the molecule is CCS(=O)(=O)c1cn[nH]c1-c1ccccc1. The van der Waals surface area contributed by atoms with Gasteiger partial charge < -0.3 is 0 Å². The zero-order valence-corrected chi connectivity index (χ0v) is 9.66. The Morgan fingerprint density at radius 2 is 1.94 bits per heavy atom. The number of aromatic amines is 1. The highest BCUT2D eigenvalue weighted by molar-refractivity contribution is 7.91. The molecule has 0 saturated carbocycles. The van der Waals surface area contributed by atoms with Crippen molar-refractivity contribution in [2.45, 2.75) is 11.8 Å². The van der Waals surface area contributed by atoms with Gasteiger partial charge in [-0.15, -0.1) is 0 Å². The zero-order chi connectivity index (χ0) is 11.6. The van der Waals surface area contributed by atoms with Gasteiger partial charge in [0.2, 0.25) is 0 Å². The lowest BCUT2D eigenvalue weighted by Gasteiger charge is -2.02. The standard InChI is InChI=1S/C11H12N2O2S/c1-2-16(14,15)10-8-12-13-11(10)9-6-4-3-5-7-9/h3-8H,2H2,1H3,(H,12,13). The summed E-state index contributed by atoms with van der Waals surface area (Å²) in [4.78, 5) is 0.265. The highest BCUT2D eigenvalue weighted by Gasteiger charge is 2.19. The van der Waals surface area contributed by atoms with E-state index in [1.54, 1.807) is 6.92 Å². The van der Waals surface area contributed by atoms with Crippen molar-refractivity contribution in [2.75, 3.05) is 5.75 Å². The van der Waals surface area contributed by atoms with Gasteiger partial charge in [0, 0.05) is 5.56 Å². The molecule has 0 radical (unpaired) electrons. The van der Waals surface area contributed by atoms with Gasteiger partial charge in [0.25, 0.3) is 0 Å². The molecule has 1 aromatic heterocycles. The smallest absolute Gasteiger partial charge is 0.181 e. The summed E-state index contributed by atoms with van der Waals surface area (Å²) in [5, 5.41) is 6.54. The Labute approximate surface area is 94.2 Å². The molecule has 0 aliphatic heterocycles. The summed E-state index contributed by atoms with van der Waals surface area (Å²) in [5.41, 5.74) is 1.38. The van der Waals surface area contributed by atoms with Crippen LogP contribution < -0.4 is 0 Å². The maximum Gasteiger partial charge on any atom is 0.181 e. The predicted octanol–water partition coefficient (Wildman–Crippen LogP) is 1.87. The summed E-state index contributed by atoms with van der Waals surface area (Å²) < 4.78 is 23.6. The molecule has 5 heteroatoms. The van der Waals surface area contributed by atoms with E-state index in [1.807, 2.05) is 30.3 Å². The van der Waals surface area contributed by atoms with E-state index in [-0.39, 0.29) is 10.6 Å². The summed E-state index contributed by atoms with van der Waals surface area (Å²) >= 11 is 0. The molecule has 2 aromatic rings. The van der Waals surface area contributed by atoms with E-state index in [1.165, 1.54) is 6.20 Å².